The van der Waals surface area contributed by atoms with Crippen molar-refractivity contribution in [2.45, 2.75) is 32.9 Å². The molecule has 0 bridgehead atoms. The summed E-state index contributed by atoms with van der Waals surface area (Å²) in [6, 6.07) is 5.27. The van der Waals surface area contributed by atoms with Gasteiger partial charge in [-0.1, -0.05) is 13.0 Å². The second-order valence-electron chi connectivity index (χ2n) is 3.61. The number of ether oxygens (including phenoxy) is 1. The highest BCUT2D eigenvalue weighted by molar-refractivity contribution is 5.34. The maximum Gasteiger partial charge on any atom is 0.131 e. The van der Waals surface area contributed by atoms with E-state index in [1.54, 1.807) is 19.2 Å². The number of nitrogens with one attached hydrogen (secondary N) is 1. The van der Waals surface area contributed by atoms with Crippen LogP contribution in [0.5, 0.6) is 5.75 Å². The van der Waals surface area contributed by atoms with Gasteiger partial charge in [0, 0.05) is 18.2 Å². The molecule has 1 aromatic rings. The smallest absolute Gasteiger partial charge is 0.131 e. The van der Waals surface area contributed by atoms with Gasteiger partial charge in [-0.25, -0.2) is 4.39 Å². The van der Waals surface area contributed by atoms with Crippen LogP contribution in [0.25, 0.3) is 0 Å². The van der Waals surface area contributed by atoms with Gasteiger partial charge in [0.05, 0.1) is 7.11 Å². The zero-order chi connectivity index (χ0) is 11.3. The highest BCUT2D eigenvalue weighted by atomic mass is 19.1. The molecule has 1 unspecified atom stereocenters. The molecule has 1 rings (SSSR count). The zero-order valence-corrected chi connectivity index (χ0v) is 9.51. The van der Waals surface area contributed by atoms with E-state index in [-0.39, 0.29) is 5.82 Å². The fraction of sp³-hybridized carbons (Fsp3) is 0.500. The predicted octanol–water partition coefficient (Wildman–Crippen LogP) is 2.72. The second kappa shape index (κ2) is 5.71. The van der Waals surface area contributed by atoms with Crippen LogP contribution in [0.3, 0.4) is 0 Å². The van der Waals surface area contributed by atoms with Crippen molar-refractivity contribution < 1.29 is 9.13 Å². The van der Waals surface area contributed by atoms with Crippen LogP contribution in [0, 0.1) is 5.82 Å². The van der Waals surface area contributed by atoms with Gasteiger partial charge in [-0.15, -0.1) is 0 Å². The Kier molecular flexibility index (Phi) is 4.56. The SMILES string of the molecule is CCC(C)NCc1c(F)cccc1OC. The molecule has 0 amide bonds. The van der Waals surface area contributed by atoms with Crippen molar-refractivity contribution in [1.82, 2.24) is 5.32 Å². The molecular formula is C12H18FNO. The lowest BCUT2D eigenvalue weighted by molar-refractivity contribution is 0.399. The van der Waals surface area contributed by atoms with Crippen molar-refractivity contribution in [2.75, 3.05) is 7.11 Å². The standard InChI is InChI=1S/C12H18FNO/c1-4-9(2)14-8-10-11(13)6-5-7-12(10)15-3/h5-7,9,14H,4,8H2,1-3H3. The first-order valence-electron chi connectivity index (χ1n) is 5.23. The summed E-state index contributed by atoms with van der Waals surface area (Å²) in [7, 11) is 1.56. The van der Waals surface area contributed by atoms with Crippen molar-refractivity contribution in [3.63, 3.8) is 0 Å². The zero-order valence-electron chi connectivity index (χ0n) is 9.51. The molecule has 0 radical (unpaired) electrons. The third-order valence-corrected chi connectivity index (χ3v) is 2.54. The Hall–Kier alpha value is -1.09. The fourth-order valence-corrected chi connectivity index (χ4v) is 1.32. The van der Waals surface area contributed by atoms with E-state index in [1.807, 2.05) is 0 Å². The number of methoxy groups -OCH3 is 1. The van der Waals surface area contributed by atoms with Crippen LogP contribution < -0.4 is 10.1 Å². The van der Waals surface area contributed by atoms with Gasteiger partial charge >= 0.3 is 0 Å². The molecular weight excluding hydrogens is 193 g/mol. The highest BCUT2D eigenvalue weighted by Gasteiger charge is 2.09. The number of benzene rings is 1. The quantitative estimate of drug-likeness (QED) is 0.808. The molecule has 15 heavy (non-hydrogen) atoms. The molecule has 0 aromatic heterocycles. The van der Waals surface area contributed by atoms with E-state index in [0.29, 0.717) is 23.9 Å². The first-order chi connectivity index (χ1) is 7.19. The van der Waals surface area contributed by atoms with Crippen molar-refractivity contribution >= 4 is 0 Å². The molecule has 0 saturated heterocycles. The minimum Gasteiger partial charge on any atom is -0.496 e. The molecule has 84 valence electrons. The van der Waals surface area contributed by atoms with E-state index >= 15 is 0 Å². The third-order valence-electron chi connectivity index (χ3n) is 2.54. The Morgan fingerprint density at radius 2 is 2.20 bits per heavy atom. The molecule has 0 heterocycles. The molecule has 1 N–H and O–H groups in total. The molecule has 3 heteroatoms. The normalized spacial score (nSPS) is 12.5. The topological polar surface area (TPSA) is 21.3 Å². The largest absolute Gasteiger partial charge is 0.496 e. The van der Waals surface area contributed by atoms with Crippen LogP contribution in [0.15, 0.2) is 18.2 Å². The average molecular weight is 211 g/mol. The first kappa shape index (κ1) is 12.0. The van der Waals surface area contributed by atoms with Gasteiger partial charge in [-0.2, -0.15) is 0 Å². The minimum atomic E-state index is -0.217. The molecule has 1 aromatic carbocycles. The molecule has 1 atom stereocenters. The Bertz CT molecular complexity index is 314. The summed E-state index contributed by atoms with van der Waals surface area (Å²) < 4.78 is 18.6. The van der Waals surface area contributed by atoms with Crippen molar-refractivity contribution in [2.24, 2.45) is 0 Å². The summed E-state index contributed by atoms with van der Waals surface area (Å²) >= 11 is 0. The number of hydrogen-bond donors (Lipinski definition) is 1. The van der Waals surface area contributed by atoms with E-state index in [9.17, 15) is 4.39 Å². The minimum absolute atomic E-state index is 0.217. The summed E-state index contributed by atoms with van der Waals surface area (Å²) in [5.74, 6) is 0.385. The lowest BCUT2D eigenvalue weighted by atomic mass is 10.1. The fourth-order valence-electron chi connectivity index (χ4n) is 1.32. The third kappa shape index (κ3) is 3.20. The van der Waals surface area contributed by atoms with Crippen LogP contribution in [0.4, 0.5) is 4.39 Å². The van der Waals surface area contributed by atoms with Gasteiger partial charge < -0.3 is 10.1 Å². The molecule has 0 aliphatic carbocycles. The van der Waals surface area contributed by atoms with Crippen LogP contribution >= 0.6 is 0 Å². The Labute approximate surface area is 90.4 Å². The lowest BCUT2D eigenvalue weighted by Crippen LogP contribution is -2.25. The van der Waals surface area contributed by atoms with Gasteiger partial charge in [-0.05, 0) is 25.5 Å². The molecule has 2 nitrogen and oxygen atoms in total. The van der Waals surface area contributed by atoms with Gasteiger partial charge in [0.15, 0.2) is 0 Å². The number of halogens is 1. The maximum atomic E-state index is 13.5. The van der Waals surface area contributed by atoms with Crippen molar-refractivity contribution in [3.05, 3.63) is 29.6 Å². The van der Waals surface area contributed by atoms with Crippen molar-refractivity contribution in [3.8, 4) is 5.75 Å². The Morgan fingerprint density at radius 1 is 1.47 bits per heavy atom. The van der Waals surface area contributed by atoms with Crippen LogP contribution in [0.1, 0.15) is 25.8 Å². The second-order valence-corrected chi connectivity index (χ2v) is 3.61. The van der Waals surface area contributed by atoms with Crippen LogP contribution in [-0.4, -0.2) is 13.2 Å². The molecule has 0 spiro atoms. The maximum absolute atomic E-state index is 13.5. The summed E-state index contributed by atoms with van der Waals surface area (Å²) in [4.78, 5) is 0. The summed E-state index contributed by atoms with van der Waals surface area (Å²) in [5, 5.41) is 3.24. The van der Waals surface area contributed by atoms with Gasteiger partial charge in [0.2, 0.25) is 0 Å². The Balaban J connectivity index is 2.74. The first-order valence-corrected chi connectivity index (χ1v) is 5.23. The molecule has 0 saturated carbocycles. The van der Waals surface area contributed by atoms with E-state index < -0.39 is 0 Å². The van der Waals surface area contributed by atoms with E-state index in [0.717, 1.165) is 6.42 Å². The van der Waals surface area contributed by atoms with E-state index in [1.165, 1.54) is 6.07 Å². The van der Waals surface area contributed by atoms with Crippen LogP contribution in [0.2, 0.25) is 0 Å². The lowest BCUT2D eigenvalue weighted by Gasteiger charge is -2.14. The summed E-state index contributed by atoms with van der Waals surface area (Å²) in [6.45, 7) is 4.68. The van der Waals surface area contributed by atoms with Crippen LogP contribution in [-0.2, 0) is 6.54 Å². The Morgan fingerprint density at radius 3 is 2.80 bits per heavy atom. The highest BCUT2D eigenvalue weighted by Crippen LogP contribution is 2.20. The van der Waals surface area contributed by atoms with Gasteiger partial charge in [0.25, 0.3) is 0 Å². The van der Waals surface area contributed by atoms with E-state index in [4.69, 9.17) is 4.74 Å². The predicted molar refractivity (Wildman–Crippen MR) is 59.5 cm³/mol. The number of hydrogen-bond acceptors (Lipinski definition) is 2. The molecule has 0 aliphatic heterocycles. The van der Waals surface area contributed by atoms with E-state index in [2.05, 4.69) is 19.2 Å². The van der Waals surface area contributed by atoms with Crippen molar-refractivity contribution in [1.29, 1.82) is 0 Å². The average Bonchev–Trinajstić information content (AvgIpc) is 2.26. The summed E-state index contributed by atoms with van der Waals surface area (Å²) in [6.07, 6.45) is 1.02. The van der Waals surface area contributed by atoms with Gasteiger partial charge in [-0.3, -0.25) is 0 Å². The monoisotopic (exact) mass is 211 g/mol. The molecule has 0 aliphatic rings. The molecule has 0 fully saturated rings. The summed E-state index contributed by atoms with van der Waals surface area (Å²) in [5.41, 5.74) is 0.598. The number of rotatable bonds is 5. The van der Waals surface area contributed by atoms with Gasteiger partial charge in [0.1, 0.15) is 11.6 Å².